The molecule has 0 fully saturated rings. The van der Waals surface area contributed by atoms with E-state index in [9.17, 15) is 0 Å². The summed E-state index contributed by atoms with van der Waals surface area (Å²) in [6, 6.07) is 8.85. The number of nitrogens with one attached hydrogen (secondary N) is 1. The normalized spacial score (nSPS) is 13.2. The molecule has 0 amide bonds. The van der Waals surface area contributed by atoms with E-state index in [1.807, 2.05) is 25.0 Å². The fraction of sp³-hybridized carbons (Fsp3) is 0.474. The lowest BCUT2D eigenvalue weighted by atomic mass is 10.1. The van der Waals surface area contributed by atoms with Crippen LogP contribution in [-0.4, -0.2) is 60.3 Å². The van der Waals surface area contributed by atoms with Crippen LogP contribution in [0.4, 0.5) is 0 Å². The highest BCUT2D eigenvalue weighted by molar-refractivity contribution is 5.79. The van der Waals surface area contributed by atoms with Gasteiger partial charge in [0.15, 0.2) is 5.96 Å². The van der Waals surface area contributed by atoms with Gasteiger partial charge in [0.1, 0.15) is 0 Å². The van der Waals surface area contributed by atoms with Crippen molar-refractivity contribution in [2.24, 2.45) is 12.0 Å². The maximum absolute atomic E-state index is 4.42. The predicted octanol–water partition coefficient (Wildman–Crippen LogP) is 2.04. The number of aromatic nitrogens is 2. The molecule has 6 nitrogen and oxygen atoms in total. The van der Waals surface area contributed by atoms with Crippen molar-refractivity contribution in [3.05, 3.63) is 53.3 Å². The van der Waals surface area contributed by atoms with Crippen molar-refractivity contribution in [2.75, 3.05) is 34.7 Å². The highest BCUT2D eigenvalue weighted by Gasteiger charge is 2.17. The van der Waals surface area contributed by atoms with Crippen LogP contribution in [-0.2, 0) is 13.6 Å². The molecule has 6 heteroatoms. The van der Waals surface area contributed by atoms with E-state index in [4.69, 9.17) is 0 Å². The summed E-state index contributed by atoms with van der Waals surface area (Å²) in [6.07, 6.45) is 3.98. The Hall–Kier alpha value is -2.34. The van der Waals surface area contributed by atoms with Gasteiger partial charge in [0.25, 0.3) is 0 Å². The van der Waals surface area contributed by atoms with Crippen LogP contribution in [0, 0.1) is 6.92 Å². The maximum Gasteiger partial charge on any atom is 0.193 e. The molecular weight excluding hydrogens is 312 g/mol. The van der Waals surface area contributed by atoms with E-state index in [2.05, 4.69) is 83.7 Å². The molecule has 0 aliphatic rings. The molecule has 1 aromatic heterocycles. The summed E-state index contributed by atoms with van der Waals surface area (Å²) < 4.78 is 1.84. The molecule has 1 N–H and O–H groups in total. The van der Waals surface area contributed by atoms with E-state index in [-0.39, 0.29) is 6.04 Å². The van der Waals surface area contributed by atoms with Crippen LogP contribution in [0.15, 0.2) is 41.7 Å². The zero-order valence-electron chi connectivity index (χ0n) is 16.2. The van der Waals surface area contributed by atoms with Gasteiger partial charge in [-0.25, -0.2) is 0 Å². The van der Waals surface area contributed by atoms with E-state index >= 15 is 0 Å². The average molecular weight is 342 g/mol. The van der Waals surface area contributed by atoms with Gasteiger partial charge >= 0.3 is 0 Å². The molecule has 2 aromatic rings. The first-order valence-electron chi connectivity index (χ1n) is 8.53. The quantitative estimate of drug-likeness (QED) is 0.645. The second-order valence-electron chi connectivity index (χ2n) is 6.70. The van der Waals surface area contributed by atoms with Gasteiger partial charge in [-0.3, -0.25) is 9.67 Å². The van der Waals surface area contributed by atoms with Crippen LogP contribution < -0.4 is 5.32 Å². The van der Waals surface area contributed by atoms with Gasteiger partial charge in [0.05, 0.1) is 12.2 Å². The third-order valence-corrected chi connectivity index (χ3v) is 4.30. The molecule has 1 atom stereocenters. The Bertz CT molecular complexity index is 686. The Morgan fingerprint density at radius 2 is 1.92 bits per heavy atom. The molecule has 1 aromatic carbocycles. The number of guanidine groups is 1. The number of hydrogen-bond acceptors (Lipinski definition) is 3. The number of aryl methyl sites for hydroxylation is 2. The first-order valence-corrected chi connectivity index (χ1v) is 8.53. The van der Waals surface area contributed by atoms with Crippen molar-refractivity contribution in [2.45, 2.75) is 19.5 Å². The molecular formula is C19H30N6. The van der Waals surface area contributed by atoms with Crippen molar-refractivity contribution in [1.82, 2.24) is 24.9 Å². The van der Waals surface area contributed by atoms with E-state index in [0.717, 1.165) is 19.0 Å². The van der Waals surface area contributed by atoms with Gasteiger partial charge < -0.3 is 15.1 Å². The molecule has 25 heavy (non-hydrogen) atoms. The average Bonchev–Trinajstić information content (AvgIpc) is 2.99. The minimum Gasteiger partial charge on any atom is -0.354 e. The minimum atomic E-state index is 0.234. The van der Waals surface area contributed by atoms with Gasteiger partial charge in [-0.15, -0.1) is 0 Å². The molecule has 1 unspecified atom stereocenters. The van der Waals surface area contributed by atoms with Crippen LogP contribution >= 0.6 is 0 Å². The SMILES string of the molecule is CN=C(NCC(c1cnn(C)c1)N(C)C)N(C)Cc1ccc(C)cc1. The van der Waals surface area contributed by atoms with Crippen LogP contribution in [0.2, 0.25) is 0 Å². The van der Waals surface area contributed by atoms with Crippen LogP contribution in [0.3, 0.4) is 0 Å². The number of nitrogens with zero attached hydrogens (tertiary/aromatic N) is 5. The molecule has 0 aliphatic carbocycles. The fourth-order valence-electron chi connectivity index (χ4n) is 2.83. The molecule has 1 heterocycles. The summed E-state index contributed by atoms with van der Waals surface area (Å²) in [4.78, 5) is 8.76. The largest absolute Gasteiger partial charge is 0.354 e. The third-order valence-electron chi connectivity index (χ3n) is 4.30. The lowest BCUT2D eigenvalue weighted by Crippen LogP contribution is -2.42. The monoisotopic (exact) mass is 342 g/mol. The maximum atomic E-state index is 4.42. The van der Waals surface area contributed by atoms with Gasteiger partial charge in [-0.05, 0) is 26.6 Å². The summed E-state index contributed by atoms with van der Waals surface area (Å²) in [5.41, 5.74) is 3.74. The predicted molar refractivity (Wildman–Crippen MR) is 104 cm³/mol. The zero-order valence-corrected chi connectivity index (χ0v) is 16.2. The number of benzene rings is 1. The minimum absolute atomic E-state index is 0.234. The zero-order chi connectivity index (χ0) is 18.4. The molecule has 2 rings (SSSR count). The van der Waals surface area contributed by atoms with Crippen LogP contribution in [0.25, 0.3) is 0 Å². The summed E-state index contributed by atoms with van der Waals surface area (Å²) in [5, 5.41) is 7.77. The summed E-state index contributed by atoms with van der Waals surface area (Å²) in [6.45, 7) is 3.69. The van der Waals surface area contributed by atoms with Gasteiger partial charge in [0.2, 0.25) is 0 Å². The highest BCUT2D eigenvalue weighted by atomic mass is 15.3. The second kappa shape index (κ2) is 8.67. The Labute approximate surface area is 151 Å². The van der Waals surface area contributed by atoms with Gasteiger partial charge in [-0.1, -0.05) is 29.8 Å². The molecule has 0 spiro atoms. The Kier molecular flexibility index (Phi) is 6.58. The first kappa shape index (κ1) is 19.0. The standard InChI is InChI=1S/C19H30N6/c1-15-7-9-16(10-8-15)13-24(5)19(20-2)21-12-18(23(3)4)17-11-22-25(6)14-17/h7-11,14,18H,12-13H2,1-6H3,(H,20,21). The Morgan fingerprint density at radius 1 is 1.24 bits per heavy atom. The fourth-order valence-corrected chi connectivity index (χ4v) is 2.83. The number of aliphatic imine (C=N–C) groups is 1. The van der Waals surface area contributed by atoms with E-state index < -0.39 is 0 Å². The molecule has 136 valence electrons. The van der Waals surface area contributed by atoms with Crippen molar-refractivity contribution >= 4 is 5.96 Å². The Balaban J connectivity index is 1.99. The van der Waals surface area contributed by atoms with E-state index in [1.54, 1.807) is 0 Å². The van der Waals surface area contributed by atoms with Crippen LogP contribution in [0.1, 0.15) is 22.7 Å². The summed E-state index contributed by atoms with van der Waals surface area (Å²) in [7, 11) is 9.99. The second-order valence-corrected chi connectivity index (χ2v) is 6.70. The van der Waals surface area contributed by atoms with Crippen molar-refractivity contribution < 1.29 is 0 Å². The molecule has 0 radical (unpaired) electrons. The molecule has 0 saturated heterocycles. The first-order chi connectivity index (χ1) is 11.9. The van der Waals surface area contributed by atoms with E-state index in [0.29, 0.717) is 0 Å². The number of rotatable bonds is 6. The van der Waals surface area contributed by atoms with Gasteiger partial charge in [0, 0.05) is 46.0 Å². The van der Waals surface area contributed by atoms with E-state index in [1.165, 1.54) is 16.7 Å². The lowest BCUT2D eigenvalue weighted by Gasteiger charge is -2.27. The lowest BCUT2D eigenvalue weighted by molar-refractivity contribution is 0.295. The van der Waals surface area contributed by atoms with Gasteiger partial charge in [-0.2, -0.15) is 5.10 Å². The third kappa shape index (κ3) is 5.32. The number of hydrogen-bond donors (Lipinski definition) is 1. The number of likely N-dealkylation sites (N-methyl/N-ethyl adjacent to an activating group) is 1. The van der Waals surface area contributed by atoms with Crippen molar-refractivity contribution in [1.29, 1.82) is 0 Å². The van der Waals surface area contributed by atoms with Crippen molar-refractivity contribution in [3.63, 3.8) is 0 Å². The summed E-state index contributed by atoms with van der Waals surface area (Å²) >= 11 is 0. The van der Waals surface area contributed by atoms with Crippen molar-refractivity contribution in [3.8, 4) is 0 Å². The Morgan fingerprint density at radius 3 is 2.44 bits per heavy atom. The molecule has 0 saturated carbocycles. The van der Waals surface area contributed by atoms with Crippen LogP contribution in [0.5, 0.6) is 0 Å². The molecule has 0 aliphatic heterocycles. The topological polar surface area (TPSA) is 48.7 Å². The smallest absolute Gasteiger partial charge is 0.193 e. The highest BCUT2D eigenvalue weighted by Crippen LogP contribution is 2.16. The summed E-state index contributed by atoms with van der Waals surface area (Å²) in [5.74, 6) is 0.885. The molecule has 0 bridgehead atoms.